The molecule has 6 heteroatoms. The maximum absolute atomic E-state index is 12.0. The monoisotopic (exact) mass is 684 g/mol. The van der Waals surface area contributed by atoms with Gasteiger partial charge < -0.3 is 29.5 Å². The molecule has 3 saturated carbocycles. The summed E-state index contributed by atoms with van der Waals surface area (Å²) in [6.07, 6.45) is 11.2. The third-order valence-corrected chi connectivity index (χ3v) is 12.2. The zero-order chi connectivity index (χ0) is 35.9. The zero-order valence-corrected chi connectivity index (χ0v) is 31.9. The molecule has 6 unspecified atom stereocenters. The van der Waals surface area contributed by atoms with Crippen molar-refractivity contribution in [3.8, 4) is 11.5 Å². The van der Waals surface area contributed by atoms with Crippen molar-refractivity contribution in [3.63, 3.8) is 0 Å². The highest BCUT2D eigenvalue weighted by molar-refractivity contribution is 5.33. The van der Waals surface area contributed by atoms with Gasteiger partial charge in [-0.25, -0.2) is 0 Å². The Morgan fingerprint density at radius 2 is 1.12 bits per heavy atom. The molecular formula is C44H64N2O4. The van der Waals surface area contributed by atoms with Crippen LogP contribution in [0.25, 0.3) is 0 Å². The molecule has 6 rings (SSSR count). The lowest BCUT2D eigenvalue weighted by Crippen LogP contribution is -2.49. The molecule has 0 aromatic heterocycles. The van der Waals surface area contributed by atoms with E-state index in [1.807, 2.05) is 18.2 Å². The van der Waals surface area contributed by atoms with Crippen molar-refractivity contribution in [3.05, 3.63) is 95.1 Å². The second-order valence-electron chi connectivity index (χ2n) is 16.1. The molecule has 0 heterocycles. The molecule has 3 aliphatic carbocycles. The van der Waals surface area contributed by atoms with Crippen LogP contribution in [-0.4, -0.2) is 81.1 Å². The van der Waals surface area contributed by atoms with Gasteiger partial charge in [-0.2, -0.15) is 0 Å². The summed E-state index contributed by atoms with van der Waals surface area (Å²) in [5, 5.41) is 23.9. The van der Waals surface area contributed by atoms with Crippen molar-refractivity contribution < 1.29 is 19.7 Å². The second-order valence-corrected chi connectivity index (χ2v) is 16.1. The third kappa shape index (κ3) is 8.75. The van der Waals surface area contributed by atoms with Gasteiger partial charge in [0.1, 0.15) is 11.5 Å². The van der Waals surface area contributed by atoms with Crippen LogP contribution in [-0.2, 0) is 18.4 Å². The summed E-state index contributed by atoms with van der Waals surface area (Å²) in [6, 6.07) is 25.0. The van der Waals surface area contributed by atoms with Crippen LogP contribution in [0.5, 0.6) is 11.5 Å². The minimum absolute atomic E-state index is 0.210. The van der Waals surface area contributed by atoms with Gasteiger partial charge in [-0.15, -0.1) is 0 Å². The average Bonchev–Trinajstić information content (AvgIpc) is 3.82. The van der Waals surface area contributed by atoms with Crippen LogP contribution in [0.15, 0.2) is 72.8 Å². The fraction of sp³-hybridized carbons (Fsp3) is 0.591. The Labute approximate surface area is 302 Å². The van der Waals surface area contributed by atoms with E-state index in [1.54, 1.807) is 14.2 Å². The number of hydrogen-bond donors (Lipinski definition) is 2. The van der Waals surface area contributed by atoms with E-state index in [0.717, 1.165) is 68.7 Å². The molecule has 0 saturated heterocycles. The first-order chi connectivity index (χ1) is 24.0. The van der Waals surface area contributed by atoms with Crippen LogP contribution in [0.3, 0.4) is 0 Å². The van der Waals surface area contributed by atoms with E-state index in [4.69, 9.17) is 9.47 Å². The highest BCUT2D eigenvalue weighted by Crippen LogP contribution is 2.52. The van der Waals surface area contributed by atoms with Crippen LogP contribution in [0.1, 0.15) is 73.6 Å². The number of methoxy groups -OCH3 is 2. The van der Waals surface area contributed by atoms with Crippen LogP contribution in [0.2, 0.25) is 0 Å². The molecule has 0 aliphatic heterocycles. The lowest BCUT2D eigenvalue weighted by molar-refractivity contribution is -0.0893. The van der Waals surface area contributed by atoms with Gasteiger partial charge in [0.2, 0.25) is 0 Å². The summed E-state index contributed by atoms with van der Waals surface area (Å²) in [4.78, 5) is 4.44. The lowest BCUT2D eigenvalue weighted by Gasteiger charge is -2.42. The fourth-order valence-corrected chi connectivity index (χ4v) is 9.84. The van der Waals surface area contributed by atoms with Crippen molar-refractivity contribution in [2.24, 2.45) is 29.6 Å². The molecule has 0 amide bonds. The van der Waals surface area contributed by atoms with Crippen LogP contribution in [0, 0.1) is 36.5 Å². The second kappa shape index (κ2) is 17.1. The number of benzene rings is 3. The number of aryl methyl sites for hydroxylation is 1. The summed E-state index contributed by atoms with van der Waals surface area (Å²) in [5.41, 5.74) is 3.50. The number of nitrogens with zero attached hydrogens (tertiary/aromatic N) is 2. The maximum atomic E-state index is 12.0. The number of rotatable bonds is 12. The van der Waals surface area contributed by atoms with Gasteiger partial charge in [0.15, 0.2) is 0 Å². The van der Waals surface area contributed by atoms with E-state index < -0.39 is 11.2 Å². The molecule has 274 valence electrons. The summed E-state index contributed by atoms with van der Waals surface area (Å²) < 4.78 is 10.8. The van der Waals surface area contributed by atoms with Gasteiger partial charge in [-0.3, -0.25) is 0 Å². The predicted molar refractivity (Wildman–Crippen MR) is 205 cm³/mol. The topological polar surface area (TPSA) is 65.4 Å². The molecule has 0 radical (unpaired) electrons. The zero-order valence-electron chi connectivity index (χ0n) is 31.9. The standard InChI is InChI=1S/C23H31NO2.C21H33NO2/c1-17-7-5-9-19(13-17)23(25)20(11-12-21(23)16-24(2)3)14-18-8-6-10-22(15-18)26-4;1-22(2)15-19-12-11-18(21(19,23)17-8-4-5-9-17)13-16-7-6-10-20(14-16)24-3/h5-10,13,15,20-21,25H,11-12,14,16H2,1-4H3;6-7,10,14,17-19,23H,4-5,8-9,11-13,15H2,1-3H3. The van der Waals surface area contributed by atoms with Crippen LogP contribution < -0.4 is 9.47 Å². The van der Waals surface area contributed by atoms with Gasteiger partial charge in [0, 0.05) is 24.9 Å². The van der Waals surface area contributed by atoms with Gasteiger partial charge in [0.25, 0.3) is 0 Å². The van der Waals surface area contributed by atoms with E-state index in [1.165, 1.54) is 42.4 Å². The number of hydrogen-bond acceptors (Lipinski definition) is 6. The summed E-state index contributed by atoms with van der Waals surface area (Å²) in [5.74, 6) is 3.52. The van der Waals surface area contributed by atoms with E-state index in [-0.39, 0.29) is 11.8 Å². The SMILES string of the molecule is COc1cccc(CC2CCC(CN(C)C)C2(O)C2CCCC2)c1.COc1cccc(CC2CCC(CN(C)C)C2(O)c2cccc(C)c2)c1. The van der Waals surface area contributed by atoms with Crippen LogP contribution in [0.4, 0.5) is 0 Å². The Kier molecular flexibility index (Phi) is 13.1. The van der Waals surface area contributed by atoms with Gasteiger partial charge in [0.05, 0.1) is 25.4 Å². The molecule has 3 aliphatic rings. The van der Waals surface area contributed by atoms with Gasteiger partial charge >= 0.3 is 0 Å². The van der Waals surface area contributed by atoms with Crippen LogP contribution >= 0.6 is 0 Å². The van der Waals surface area contributed by atoms with Gasteiger partial charge in [-0.05, 0) is 145 Å². The molecular weight excluding hydrogens is 620 g/mol. The summed E-state index contributed by atoms with van der Waals surface area (Å²) in [6.45, 7) is 4.00. The normalized spacial score (nSPS) is 28.2. The molecule has 0 bridgehead atoms. The number of ether oxygens (including phenoxy) is 2. The first kappa shape index (κ1) is 38.3. The predicted octanol–water partition coefficient (Wildman–Crippen LogP) is 7.77. The molecule has 50 heavy (non-hydrogen) atoms. The number of aliphatic hydroxyl groups is 2. The quantitative estimate of drug-likeness (QED) is 0.203. The van der Waals surface area contributed by atoms with E-state index >= 15 is 0 Å². The third-order valence-electron chi connectivity index (χ3n) is 12.2. The Morgan fingerprint density at radius 1 is 0.620 bits per heavy atom. The molecule has 3 fully saturated rings. The highest BCUT2D eigenvalue weighted by atomic mass is 16.5. The Morgan fingerprint density at radius 3 is 1.68 bits per heavy atom. The minimum Gasteiger partial charge on any atom is -0.497 e. The summed E-state index contributed by atoms with van der Waals surface area (Å²) >= 11 is 0. The minimum atomic E-state index is -0.792. The Hall–Kier alpha value is -2.90. The van der Waals surface area contributed by atoms with Crippen molar-refractivity contribution in [1.29, 1.82) is 0 Å². The Bertz CT molecular complexity index is 1500. The molecule has 3 aromatic rings. The lowest BCUT2D eigenvalue weighted by atomic mass is 9.71. The first-order valence-electron chi connectivity index (χ1n) is 19.0. The van der Waals surface area contributed by atoms with Crippen molar-refractivity contribution >= 4 is 0 Å². The fourth-order valence-electron chi connectivity index (χ4n) is 9.84. The van der Waals surface area contributed by atoms with E-state index in [2.05, 4.69) is 99.5 Å². The van der Waals surface area contributed by atoms with Crippen molar-refractivity contribution in [2.75, 3.05) is 55.5 Å². The average molecular weight is 685 g/mol. The van der Waals surface area contributed by atoms with Crippen molar-refractivity contribution in [2.45, 2.75) is 82.3 Å². The largest absolute Gasteiger partial charge is 0.497 e. The van der Waals surface area contributed by atoms with Gasteiger partial charge in [-0.1, -0.05) is 66.9 Å². The maximum Gasteiger partial charge on any atom is 0.119 e. The highest BCUT2D eigenvalue weighted by Gasteiger charge is 2.54. The first-order valence-corrected chi connectivity index (χ1v) is 19.0. The Balaban J connectivity index is 0.000000195. The van der Waals surface area contributed by atoms with Crippen molar-refractivity contribution in [1.82, 2.24) is 9.80 Å². The van der Waals surface area contributed by atoms with E-state index in [0.29, 0.717) is 17.8 Å². The molecule has 6 nitrogen and oxygen atoms in total. The molecule has 3 aromatic carbocycles. The smallest absolute Gasteiger partial charge is 0.119 e. The summed E-state index contributed by atoms with van der Waals surface area (Å²) in [7, 11) is 11.9. The van der Waals surface area contributed by atoms with E-state index in [9.17, 15) is 10.2 Å². The molecule has 2 N–H and O–H groups in total. The molecule has 6 atom stereocenters. The molecule has 0 spiro atoms.